The van der Waals surface area contributed by atoms with Crippen molar-refractivity contribution in [1.82, 2.24) is 14.0 Å². The van der Waals surface area contributed by atoms with Crippen LogP contribution in [0.1, 0.15) is 5.56 Å². The maximum atomic E-state index is 12.3. The van der Waals surface area contributed by atoms with Crippen LogP contribution in [0.4, 0.5) is 4.79 Å². The number of benzene rings is 1. The Bertz CT molecular complexity index is 1000. The topological polar surface area (TPSA) is 90.6 Å². The van der Waals surface area contributed by atoms with Gasteiger partial charge in [0, 0.05) is 14.1 Å². The number of ether oxygens (including phenoxy) is 1. The fourth-order valence-electron chi connectivity index (χ4n) is 2.59. The first-order valence-corrected chi connectivity index (χ1v) is 8.12. The first-order chi connectivity index (χ1) is 11.8. The Balaban J connectivity index is 1.96. The quantitative estimate of drug-likeness (QED) is 0.600. The van der Waals surface area contributed by atoms with E-state index < -0.39 is 23.7 Å². The summed E-state index contributed by atoms with van der Waals surface area (Å²) >= 11 is 0.764. The van der Waals surface area contributed by atoms with Crippen molar-refractivity contribution >= 4 is 46.0 Å². The van der Waals surface area contributed by atoms with Gasteiger partial charge in [-0.1, -0.05) is 6.07 Å². The molecule has 8 nitrogen and oxygen atoms in total. The van der Waals surface area contributed by atoms with Crippen molar-refractivity contribution in [2.24, 2.45) is 14.1 Å². The first kappa shape index (κ1) is 17.0. The van der Waals surface area contributed by atoms with E-state index in [9.17, 15) is 19.2 Å². The molecular formula is C16H15N3O5S. The lowest BCUT2D eigenvalue weighted by Crippen LogP contribution is -2.34. The smallest absolute Gasteiger partial charge is 0.328 e. The average molecular weight is 361 g/mol. The summed E-state index contributed by atoms with van der Waals surface area (Å²) in [4.78, 5) is 48.6. The SMILES string of the molecule is COC(=O)CN1C(=O)S/C(=C\c2ccc3c(c2)n(C)c(=O)n3C)C1=O. The second kappa shape index (κ2) is 6.25. The Morgan fingerprint density at radius 3 is 2.52 bits per heavy atom. The van der Waals surface area contributed by atoms with Crippen LogP contribution in [0.5, 0.6) is 0 Å². The van der Waals surface area contributed by atoms with E-state index in [-0.39, 0.29) is 10.6 Å². The van der Waals surface area contributed by atoms with Gasteiger partial charge in [0.05, 0.1) is 23.0 Å². The molecule has 2 heterocycles. The molecule has 1 fully saturated rings. The minimum Gasteiger partial charge on any atom is -0.468 e. The summed E-state index contributed by atoms with van der Waals surface area (Å²) in [6.45, 7) is -0.412. The zero-order valence-electron chi connectivity index (χ0n) is 13.8. The molecule has 0 bridgehead atoms. The molecule has 3 rings (SSSR count). The lowest BCUT2D eigenvalue weighted by molar-refractivity contribution is -0.143. The second-order valence-electron chi connectivity index (χ2n) is 5.49. The van der Waals surface area contributed by atoms with E-state index >= 15 is 0 Å². The van der Waals surface area contributed by atoms with Crippen LogP contribution >= 0.6 is 11.8 Å². The van der Waals surface area contributed by atoms with Crippen molar-refractivity contribution in [3.8, 4) is 0 Å². The first-order valence-electron chi connectivity index (χ1n) is 7.31. The molecule has 9 heteroatoms. The Hall–Kier alpha value is -2.81. The summed E-state index contributed by atoms with van der Waals surface area (Å²) < 4.78 is 7.53. The number of amides is 2. The predicted octanol–water partition coefficient (Wildman–Crippen LogP) is 1.09. The van der Waals surface area contributed by atoms with Crippen molar-refractivity contribution < 1.29 is 19.1 Å². The second-order valence-corrected chi connectivity index (χ2v) is 6.49. The van der Waals surface area contributed by atoms with Gasteiger partial charge in [-0.3, -0.25) is 28.4 Å². The van der Waals surface area contributed by atoms with E-state index in [4.69, 9.17) is 0 Å². The predicted molar refractivity (Wildman–Crippen MR) is 92.9 cm³/mol. The van der Waals surface area contributed by atoms with E-state index in [0.717, 1.165) is 27.7 Å². The number of methoxy groups -OCH3 is 1. The highest BCUT2D eigenvalue weighted by Crippen LogP contribution is 2.32. The molecule has 0 saturated carbocycles. The number of carbonyl (C=O) groups is 3. The lowest BCUT2D eigenvalue weighted by atomic mass is 10.2. The summed E-state index contributed by atoms with van der Waals surface area (Å²) in [5.41, 5.74) is 2.02. The van der Waals surface area contributed by atoms with Gasteiger partial charge < -0.3 is 4.74 Å². The number of thioether (sulfide) groups is 1. The molecule has 0 unspecified atom stereocenters. The van der Waals surface area contributed by atoms with Gasteiger partial charge in [-0.2, -0.15) is 0 Å². The number of nitrogens with zero attached hydrogens (tertiary/aromatic N) is 3. The van der Waals surface area contributed by atoms with Crippen molar-refractivity contribution in [3.63, 3.8) is 0 Å². The summed E-state index contributed by atoms with van der Waals surface area (Å²) in [5.74, 6) is -1.20. The monoisotopic (exact) mass is 361 g/mol. The van der Waals surface area contributed by atoms with Crippen LogP contribution < -0.4 is 5.69 Å². The molecule has 25 heavy (non-hydrogen) atoms. The molecule has 2 amide bonds. The minimum atomic E-state index is -0.663. The Morgan fingerprint density at radius 2 is 1.84 bits per heavy atom. The summed E-state index contributed by atoms with van der Waals surface area (Å²) in [7, 11) is 4.54. The van der Waals surface area contributed by atoms with E-state index in [0.29, 0.717) is 5.56 Å². The van der Waals surface area contributed by atoms with E-state index in [2.05, 4.69) is 4.74 Å². The van der Waals surface area contributed by atoms with Crippen molar-refractivity contribution in [2.45, 2.75) is 0 Å². The van der Waals surface area contributed by atoms with Crippen LogP contribution in [0.25, 0.3) is 17.1 Å². The van der Waals surface area contributed by atoms with Crippen LogP contribution in [-0.4, -0.2) is 44.8 Å². The van der Waals surface area contributed by atoms with Crippen LogP contribution in [0.2, 0.25) is 0 Å². The van der Waals surface area contributed by atoms with Crippen LogP contribution in [0.15, 0.2) is 27.9 Å². The Labute approximate surface area is 146 Å². The number of imidazole rings is 1. The number of hydrogen-bond donors (Lipinski definition) is 0. The third-order valence-electron chi connectivity index (χ3n) is 3.98. The standard InChI is InChI=1S/C16H15N3O5S/c1-17-10-5-4-9(6-11(10)18(2)15(17)22)7-12-14(21)19(16(23)25-12)8-13(20)24-3/h4-7H,8H2,1-3H3/b12-7-. The number of fused-ring (bicyclic) bond motifs is 1. The van der Waals surface area contributed by atoms with Gasteiger partial charge in [0.15, 0.2) is 0 Å². The van der Waals surface area contributed by atoms with Crippen molar-refractivity contribution in [1.29, 1.82) is 0 Å². The van der Waals surface area contributed by atoms with E-state index in [1.165, 1.54) is 16.2 Å². The Kier molecular flexibility index (Phi) is 4.25. The molecule has 1 saturated heterocycles. The maximum Gasteiger partial charge on any atom is 0.328 e. The van der Waals surface area contributed by atoms with Crippen LogP contribution in [0, 0.1) is 0 Å². The largest absolute Gasteiger partial charge is 0.468 e. The zero-order valence-corrected chi connectivity index (χ0v) is 14.6. The molecule has 0 atom stereocenters. The third kappa shape index (κ3) is 2.86. The molecule has 0 N–H and O–H groups in total. The van der Waals surface area contributed by atoms with E-state index in [1.54, 1.807) is 38.4 Å². The number of esters is 1. The Morgan fingerprint density at radius 1 is 1.16 bits per heavy atom. The normalized spacial score (nSPS) is 16.3. The lowest BCUT2D eigenvalue weighted by Gasteiger charge is -2.09. The van der Waals surface area contributed by atoms with Gasteiger partial charge in [0.2, 0.25) is 0 Å². The van der Waals surface area contributed by atoms with Crippen LogP contribution in [-0.2, 0) is 28.4 Å². The molecule has 0 radical (unpaired) electrons. The van der Waals surface area contributed by atoms with Gasteiger partial charge in [-0.15, -0.1) is 0 Å². The molecule has 2 aromatic rings. The zero-order chi connectivity index (χ0) is 18.3. The summed E-state index contributed by atoms with van der Waals surface area (Å²) in [5, 5.41) is -0.519. The average Bonchev–Trinajstić information content (AvgIpc) is 2.98. The minimum absolute atomic E-state index is 0.148. The molecule has 1 aliphatic rings. The summed E-state index contributed by atoms with van der Waals surface area (Å²) in [6.07, 6.45) is 1.57. The van der Waals surface area contributed by atoms with Crippen LogP contribution in [0.3, 0.4) is 0 Å². The number of imide groups is 1. The maximum absolute atomic E-state index is 12.3. The molecule has 1 aliphatic heterocycles. The van der Waals surface area contributed by atoms with Gasteiger partial charge in [0.25, 0.3) is 11.1 Å². The number of rotatable bonds is 3. The molecule has 0 aliphatic carbocycles. The van der Waals surface area contributed by atoms with Gasteiger partial charge in [-0.25, -0.2) is 4.79 Å². The highest BCUT2D eigenvalue weighted by Gasteiger charge is 2.36. The van der Waals surface area contributed by atoms with Crippen molar-refractivity contribution in [2.75, 3.05) is 13.7 Å². The number of carbonyl (C=O) groups excluding carboxylic acids is 3. The number of aromatic nitrogens is 2. The van der Waals surface area contributed by atoms with Crippen molar-refractivity contribution in [3.05, 3.63) is 39.2 Å². The third-order valence-corrected chi connectivity index (χ3v) is 4.89. The van der Waals surface area contributed by atoms with Gasteiger partial charge in [-0.05, 0) is 35.5 Å². The number of aryl methyl sites for hydroxylation is 2. The molecule has 1 aromatic carbocycles. The van der Waals surface area contributed by atoms with Gasteiger partial charge >= 0.3 is 11.7 Å². The van der Waals surface area contributed by atoms with Gasteiger partial charge in [0.1, 0.15) is 6.54 Å². The number of hydrogen-bond acceptors (Lipinski definition) is 6. The highest BCUT2D eigenvalue weighted by atomic mass is 32.2. The molecule has 0 spiro atoms. The fourth-order valence-corrected chi connectivity index (χ4v) is 3.43. The molecular weight excluding hydrogens is 346 g/mol. The highest BCUT2D eigenvalue weighted by molar-refractivity contribution is 8.18. The summed E-state index contributed by atoms with van der Waals surface area (Å²) in [6, 6.07) is 5.31. The fraction of sp³-hybridized carbons (Fsp3) is 0.250. The molecule has 1 aromatic heterocycles. The van der Waals surface area contributed by atoms with E-state index in [1.807, 2.05) is 0 Å². The molecule has 130 valence electrons.